The first-order valence-corrected chi connectivity index (χ1v) is 6.77. The number of likely N-dealkylation sites (tertiary alicyclic amines) is 1. The molecule has 2 saturated heterocycles. The van der Waals surface area contributed by atoms with Crippen molar-refractivity contribution >= 4 is 6.09 Å². The second-order valence-corrected chi connectivity index (χ2v) is 6.13. The fourth-order valence-electron chi connectivity index (χ4n) is 2.47. The van der Waals surface area contributed by atoms with Gasteiger partial charge < -0.3 is 14.4 Å². The highest BCUT2D eigenvalue weighted by molar-refractivity contribution is 5.68. The molecule has 0 radical (unpaired) electrons. The quantitative estimate of drug-likeness (QED) is 0.717. The van der Waals surface area contributed by atoms with Crippen LogP contribution in [-0.4, -0.2) is 48.6 Å². The van der Waals surface area contributed by atoms with Gasteiger partial charge in [0.25, 0.3) is 0 Å². The first kappa shape index (κ1) is 13.6. The molecule has 2 aliphatic heterocycles. The van der Waals surface area contributed by atoms with Gasteiger partial charge in [-0.1, -0.05) is 0 Å². The van der Waals surface area contributed by atoms with Gasteiger partial charge in [0, 0.05) is 13.1 Å². The van der Waals surface area contributed by atoms with Gasteiger partial charge in [0.15, 0.2) is 0 Å². The van der Waals surface area contributed by atoms with E-state index in [9.17, 15) is 4.79 Å². The lowest BCUT2D eigenvalue weighted by molar-refractivity contribution is -0.130. The molecular weight excluding hydrogens is 232 g/mol. The van der Waals surface area contributed by atoms with Crippen molar-refractivity contribution in [3.63, 3.8) is 0 Å². The number of rotatable bonds is 0. The van der Waals surface area contributed by atoms with Crippen LogP contribution >= 0.6 is 0 Å². The van der Waals surface area contributed by atoms with Gasteiger partial charge in [-0.15, -0.1) is 0 Å². The number of ether oxygens (including phenoxy) is 2. The predicted octanol–water partition coefficient (Wildman–Crippen LogP) is 1.72. The summed E-state index contributed by atoms with van der Waals surface area (Å²) in [4.78, 5) is 13.8. The predicted molar refractivity (Wildman–Crippen MR) is 68.3 cm³/mol. The molecule has 2 heterocycles. The minimum Gasteiger partial charge on any atom is -0.444 e. The molecule has 18 heavy (non-hydrogen) atoms. The van der Waals surface area contributed by atoms with E-state index in [0.29, 0.717) is 6.54 Å². The molecular formula is C13H24N2O3. The lowest BCUT2D eigenvalue weighted by Gasteiger charge is -2.45. The van der Waals surface area contributed by atoms with Gasteiger partial charge in [0.05, 0.1) is 13.2 Å². The van der Waals surface area contributed by atoms with Crippen LogP contribution in [0.2, 0.25) is 0 Å². The largest absolute Gasteiger partial charge is 0.444 e. The van der Waals surface area contributed by atoms with Gasteiger partial charge in [0.1, 0.15) is 11.3 Å². The van der Waals surface area contributed by atoms with E-state index in [1.54, 1.807) is 4.90 Å². The maximum Gasteiger partial charge on any atom is 0.410 e. The number of hydrogen-bond acceptors (Lipinski definition) is 4. The van der Waals surface area contributed by atoms with E-state index in [0.717, 1.165) is 39.0 Å². The molecule has 104 valence electrons. The zero-order chi connectivity index (χ0) is 13.2. The summed E-state index contributed by atoms with van der Waals surface area (Å²) in [7, 11) is 0. The van der Waals surface area contributed by atoms with E-state index in [1.165, 1.54) is 0 Å². The first-order valence-electron chi connectivity index (χ1n) is 6.77. The summed E-state index contributed by atoms with van der Waals surface area (Å²) in [6, 6.07) is 0. The van der Waals surface area contributed by atoms with Crippen LogP contribution in [0.15, 0.2) is 0 Å². The third-order valence-electron chi connectivity index (χ3n) is 3.25. The Hall–Kier alpha value is -0.810. The highest BCUT2D eigenvalue weighted by Crippen LogP contribution is 2.26. The van der Waals surface area contributed by atoms with E-state index in [2.05, 4.69) is 5.32 Å². The molecule has 2 fully saturated rings. The Morgan fingerprint density at radius 3 is 2.78 bits per heavy atom. The molecule has 0 bridgehead atoms. The zero-order valence-corrected chi connectivity index (χ0v) is 11.6. The van der Waals surface area contributed by atoms with Gasteiger partial charge in [-0.2, -0.15) is 0 Å². The average molecular weight is 256 g/mol. The lowest BCUT2D eigenvalue weighted by Crippen LogP contribution is -2.62. The number of carbonyl (C=O) groups excluding carboxylic acids is 1. The molecule has 0 aromatic rings. The van der Waals surface area contributed by atoms with Crippen LogP contribution in [0.4, 0.5) is 4.79 Å². The van der Waals surface area contributed by atoms with Crippen LogP contribution in [0.1, 0.15) is 40.0 Å². The smallest absolute Gasteiger partial charge is 0.410 e. The Labute approximate surface area is 109 Å². The van der Waals surface area contributed by atoms with E-state index in [-0.39, 0.29) is 11.8 Å². The number of amides is 1. The molecule has 2 aliphatic rings. The van der Waals surface area contributed by atoms with Crippen LogP contribution in [0, 0.1) is 0 Å². The minimum atomic E-state index is -0.442. The molecule has 1 unspecified atom stereocenters. The summed E-state index contributed by atoms with van der Waals surface area (Å²) < 4.78 is 11.3. The van der Waals surface area contributed by atoms with Gasteiger partial charge in [0.2, 0.25) is 0 Å². The van der Waals surface area contributed by atoms with Crippen molar-refractivity contribution < 1.29 is 14.3 Å². The van der Waals surface area contributed by atoms with Gasteiger partial charge in [-0.3, -0.25) is 5.32 Å². The summed E-state index contributed by atoms with van der Waals surface area (Å²) in [5, 5.41) is 3.41. The second-order valence-electron chi connectivity index (χ2n) is 6.13. The van der Waals surface area contributed by atoms with Crippen molar-refractivity contribution in [1.29, 1.82) is 0 Å². The maximum atomic E-state index is 12.1. The molecule has 0 aromatic carbocycles. The molecule has 1 amide bonds. The normalized spacial score (nSPS) is 29.4. The van der Waals surface area contributed by atoms with Crippen LogP contribution in [0.3, 0.4) is 0 Å². The number of nitrogens with zero attached hydrogens (tertiary/aromatic N) is 1. The molecule has 1 N–H and O–H groups in total. The Morgan fingerprint density at radius 1 is 1.39 bits per heavy atom. The molecule has 5 heteroatoms. The molecule has 5 nitrogen and oxygen atoms in total. The number of hydrogen-bond donors (Lipinski definition) is 1. The average Bonchev–Trinajstić information content (AvgIpc) is 2.28. The Bertz CT molecular complexity index is 300. The summed E-state index contributed by atoms with van der Waals surface area (Å²) in [6.45, 7) is 8.74. The number of carbonyl (C=O) groups is 1. The van der Waals surface area contributed by atoms with Gasteiger partial charge >= 0.3 is 6.09 Å². The van der Waals surface area contributed by atoms with Gasteiger partial charge in [-0.05, 0) is 40.0 Å². The summed E-state index contributed by atoms with van der Waals surface area (Å²) in [5.41, 5.74) is -0.782. The second kappa shape index (κ2) is 5.05. The number of piperidine rings is 1. The Morgan fingerprint density at radius 2 is 2.17 bits per heavy atom. The van der Waals surface area contributed by atoms with Crippen molar-refractivity contribution in [2.75, 3.05) is 26.2 Å². The topological polar surface area (TPSA) is 50.8 Å². The van der Waals surface area contributed by atoms with Crippen LogP contribution in [0.5, 0.6) is 0 Å². The fourth-order valence-corrected chi connectivity index (χ4v) is 2.47. The first-order chi connectivity index (χ1) is 8.40. The molecule has 1 atom stereocenters. The highest BCUT2D eigenvalue weighted by Gasteiger charge is 2.40. The Kier molecular flexibility index (Phi) is 3.82. The third kappa shape index (κ3) is 3.36. The van der Waals surface area contributed by atoms with Crippen LogP contribution in [0.25, 0.3) is 0 Å². The van der Waals surface area contributed by atoms with Crippen molar-refractivity contribution in [2.24, 2.45) is 0 Å². The van der Waals surface area contributed by atoms with Crippen molar-refractivity contribution in [3.8, 4) is 0 Å². The lowest BCUT2D eigenvalue weighted by atomic mass is 10.00. The van der Waals surface area contributed by atoms with Crippen molar-refractivity contribution in [1.82, 2.24) is 10.2 Å². The summed E-state index contributed by atoms with van der Waals surface area (Å²) >= 11 is 0. The Balaban J connectivity index is 1.95. The summed E-state index contributed by atoms with van der Waals surface area (Å²) in [5.74, 6) is 0. The molecule has 1 spiro atoms. The van der Waals surface area contributed by atoms with Gasteiger partial charge in [-0.25, -0.2) is 4.79 Å². The molecule has 2 rings (SSSR count). The molecule has 0 aliphatic carbocycles. The maximum absolute atomic E-state index is 12.1. The molecule has 0 aromatic heterocycles. The fraction of sp³-hybridized carbons (Fsp3) is 0.923. The third-order valence-corrected chi connectivity index (χ3v) is 3.25. The minimum absolute atomic E-state index is 0.238. The monoisotopic (exact) mass is 256 g/mol. The van der Waals surface area contributed by atoms with Crippen LogP contribution in [-0.2, 0) is 9.47 Å². The SMILES string of the molecule is CC(C)(C)OC(=O)N1CCCC2(C1)NCCCO2. The number of nitrogens with one attached hydrogen (secondary N) is 1. The highest BCUT2D eigenvalue weighted by atomic mass is 16.6. The summed E-state index contributed by atoms with van der Waals surface area (Å²) in [6.07, 6.45) is 2.71. The van der Waals surface area contributed by atoms with Crippen molar-refractivity contribution in [2.45, 2.75) is 51.4 Å². The van der Waals surface area contributed by atoms with E-state index in [1.807, 2.05) is 20.8 Å². The van der Waals surface area contributed by atoms with E-state index >= 15 is 0 Å². The van der Waals surface area contributed by atoms with E-state index < -0.39 is 5.60 Å². The van der Waals surface area contributed by atoms with E-state index in [4.69, 9.17) is 9.47 Å². The zero-order valence-electron chi connectivity index (χ0n) is 11.6. The molecule has 0 saturated carbocycles. The van der Waals surface area contributed by atoms with Crippen molar-refractivity contribution in [3.05, 3.63) is 0 Å². The van der Waals surface area contributed by atoms with Crippen LogP contribution < -0.4 is 5.32 Å². The standard InChI is InChI=1S/C13H24N2O3/c1-12(2,3)18-11(16)15-8-4-6-13(10-15)14-7-5-9-17-13/h14H,4-10H2,1-3H3.